The van der Waals surface area contributed by atoms with Crippen LogP contribution in [0.15, 0.2) is 28.4 Å². The molecule has 1 atom stereocenters. The number of furan rings is 1. The second kappa shape index (κ2) is 3.15. The molecule has 1 fully saturated rings. The second-order valence-electron chi connectivity index (χ2n) is 3.20. The Kier molecular flexibility index (Phi) is 2.00. The first-order valence-corrected chi connectivity index (χ1v) is 4.31. The lowest BCUT2D eigenvalue weighted by Gasteiger charge is -2.28. The van der Waals surface area contributed by atoms with Crippen LogP contribution in [0.4, 0.5) is 0 Å². The molecule has 0 bridgehead atoms. The predicted octanol–water partition coefficient (Wildman–Crippen LogP) is 2.04. The van der Waals surface area contributed by atoms with Crippen molar-refractivity contribution in [2.24, 2.45) is 0 Å². The van der Waals surface area contributed by atoms with Gasteiger partial charge >= 0.3 is 0 Å². The Morgan fingerprint density at radius 1 is 1.75 bits per heavy atom. The smallest absolute Gasteiger partial charge is 0.126 e. The molecule has 1 N–H and O–H groups in total. The highest BCUT2D eigenvalue weighted by atomic mass is 16.3. The Balaban J connectivity index is 2.07. The normalized spacial score (nSPS) is 23.8. The van der Waals surface area contributed by atoms with Crippen molar-refractivity contribution in [3.63, 3.8) is 0 Å². The highest BCUT2D eigenvalue weighted by Gasteiger charge is 2.17. The molecule has 1 aliphatic rings. The number of rotatable bonds is 2. The first-order chi connectivity index (χ1) is 5.86. The highest BCUT2D eigenvalue weighted by Crippen LogP contribution is 2.16. The average molecular weight is 163 g/mol. The predicted molar refractivity (Wildman–Crippen MR) is 48.8 cm³/mol. The molecule has 0 spiro atoms. The van der Waals surface area contributed by atoms with Gasteiger partial charge in [0.15, 0.2) is 0 Å². The van der Waals surface area contributed by atoms with Gasteiger partial charge in [0, 0.05) is 6.04 Å². The summed E-state index contributed by atoms with van der Waals surface area (Å²) in [4.78, 5) is 0. The monoisotopic (exact) mass is 163 g/mol. The van der Waals surface area contributed by atoms with Crippen molar-refractivity contribution in [2.75, 3.05) is 6.54 Å². The molecule has 64 valence electrons. The van der Waals surface area contributed by atoms with Gasteiger partial charge in [0.25, 0.3) is 0 Å². The van der Waals surface area contributed by atoms with E-state index in [9.17, 15) is 0 Å². The van der Waals surface area contributed by atoms with Crippen LogP contribution in [-0.4, -0.2) is 12.6 Å². The van der Waals surface area contributed by atoms with Gasteiger partial charge in [-0.3, -0.25) is 0 Å². The molecule has 1 aromatic rings. The van der Waals surface area contributed by atoms with Gasteiger partial charge in [0.2, 0.25) is 0 Å². The highest BCUT2D eigenvalue weighted by molar-refractivity contribution is 5.48. The van der Waals surface area contributed by atoms with Crippen molar-refractivity contribution in [3.8, 4) is 0 Å². The minimum absolute atomic E-state index is 0.579. The Bertz CT molecular complexity index is 270. The fourth-order valence-electron chi connectivity index (χ4n) is 1.38. The average Bonchev–Trinajstić information content (AvgIpc) is 2.34. The van der Waals surface area contributed by atoms with Crippen LogP contribution >= 0.6 is 0 Å². The van der Waals surface area contributed by atoms with Crippen LogP contribution in [0, 0.1) is 0 Å². The van der Waals surface area contributed by atoms with Gasteiger partial charge in [-0.2, -0.15) is 0 Å². The summed E-state index contributed by atoms with van der Waals surface area (Å²) in [5.74, 6) is 0.946. The number of hydrogen-bond acceptors (Lipinski definition) is 2. The first-order valence-electron chi connectivity index (χ1n) is 4.31. The summed E-state index contributed by atoms with van der Waals surface area (Å²) in [7, 11) is 0. The summed E-state index contributed by atoms with van der Waals surface area (Å²) < 4.78 is 5.22. The van der Waals surface area contributed by atoms with Crippen LogP contribution in [0.3, 0.4) is 0 Å². The van der Waals surface area contributed by atoms with Gasteiger partial charge in [0.05, 0.1) is 6.26 Å². The summed E-state index contributed by atoms with van der Waals surface area (Å²) in [5, 5.41) is 3.35. The van der Waals surface area contributed by atoms with Gasteiger partial charge in [-0.15, -0.1) is 0 Å². The van der Waals surface area contributed by atoms with E-state index >= 15 is 0 Å². The molecule has 0 aliphatic carbocycles. The van der Waals surface area contributed by atoms with Crippen LogP contribution in [0.2, 0.25) is 0 Å². The molecule has 0 amide bonds. The largest absolute Gasteiger partial charge is 0.465 e. The van der Waals surface area contributed by atoms with E-state index in [1.54, 1.807) is 6.26 Å². The van der Waals surface area contributed by atoms with Crippen LogP contribution in [0.25, 0.3) is 6.08 Å². The van der Waals surface area contributed by atoms with Crippen LogP contribution < -0.4 is 5.32 Å². The van der Waals surface area contributed by atoms with Crippen molar-refractivity contribution in [1.82, 2.24) is 5.32 Å². The maximum absolute atomic E-state index is 5.22. The lowest BCUT2D eigenvalue weighted by Crippen LogP contribution is -2.43. The topological polar surface area (TPSA) is 25.2 Å². The van der Waals surface area contributed by atoms with E-state index in [4.69, 9.17) is 4.42 Å². The third-order valence-corrected chi connectivity index (χ3v) is 2.29. The Morgan fingerprint density at radius 3 is 3.08 bits per heavy atom. The molecule has 2 rings (SSSR count). The fraction of sp³-hybridized carbons (Fsp3) is 0.400. The van der Waals surface area contributed by atoms with Crippen molar-refractivity contribution in [2.45, 2.75) is 19.4 Å². The zero-order valence-electron chi connectivity index (χ0n) is 7.21. The van der Waals surface area contributed by atoms with Crippen LogP contribution in [0.1, 0.15) is 19.1 Å². The molecule has 2 nitrogen and oxygen atoms in total. The van der Waals surface area contributed by atoms with E-state index in [0.29, 0.717) is 6.04 Å². The standard InChI is InChI=1S/C10H13NO/c1-8(10-4-5-11-10)7-9-3-2-6-12-9/h2-3,6-7,10-11H,4-5H2,1H3/b8-7+. The summed E-state index contributed by atoms with van der Waals surface area (Å²) in [6.45, 7) is 3.29. The molecular formula is C10H13NO. The SMILES string of the molecule is C/C(=C\c1ccco1)C1CCN1. The molecule has 0 saturated carbocycles. The van der Waals surface area contributed by atoms with Crippen LogP contribution in [-0.2, 0) is 0 Å². The molecule has 1 aliphatic heterocycles. The van der Waals surface area contributed by atoms with E-state index in [-0.39, 0.29) is 0 Å². The zero-order valence-corrected chi connectivity index (χ0v) is 7.21. The summed E-state index contributed by atoms with van der Waals surface area (Å²) >= 11 is 0. The first kappa shape index (κ1) is 7.62. The fourth-order valence-corrected chi connectivity index (χ4v) is 1.38. The molecule has 1 unspecified atom stereocenters. The molecule has 12 heavy (non-hydrogen) atoms. The van der Waals surface area contributed by atoms with Gasteiger partial charge < -0.3 is 9.73 Å². The second-order valence-corrected chi connectivity index (χ2v) is 3.20. The lowest BCUT2D eigenvalue weighted by atomic mass is 9.99. The minimum atomic E-state index is 0.579. The zero-order chi connectivity index (χ0) is 8.39. The number of hydrogen-bond donors (Lipinski definition) is 1. The van der Waals surface area contributed by atoms with Crippen molar-refractivity contribution in [1.29, 1.82) is 0 Å². The third-order valence-electron chi connectivity index (χ3n) is 2.29. The third kappa shape index (κ3) is 1.43. The van der Waals surface area contributed by atoms with Crippen molar-refractivity contribution < 1.29 is 4.42 Å². The quantitative estimate of drug-likeness (QED) is 0.721. The van der Waals surface area contributed by atoms with E-state index in [0.717, 1.165) is 12.3 Å². The summed E-state index contributed by atoms with van der Waals surface area (Å²) in [6, 6.07) is 4.46. The van der Waals surface area contributed by atoms with Crippen molar-refractivity contribution >= 4 is 6.08 Å². The molecule has 2 heteroatoms. The summed E-state index contributed by atoms with van der Waals surface area (Å²) in [5.41, 5.74) is 1.36. The van der Waals surface area contributed by atoms with Gasteiger partial charge in [-0.05, 0) is 38.1 Å². The maximum Gasteiger partial charge on any atom is 0.126 e. The Hall–Kier alpha value is -1.02. The Labute approximate surface area is 72.3 Å². The molecule has 0 aromatic carbocycles. The van der Waals surface area contributed by atoms with Gasteiger partial charge in [-0.1, -0.05) is 5.57 Å². The maximum atomic E-state index is 5.22. The van der Waals surface area contributed by atoms with E-state index < -0.39 is 0 Å². The van der Waals surface area contributed by atoms with E-state index in [1.165, 1.54) is 12.0 Å². The van der Waals surface area contributed by atoms with Gasteiger partial charge in [0.1, 0.15) is 5.76 Å². The minimum Gasteiger partial charge on any atom is -0.465 e. The van der Waals surface area contributed by atoms with Crippen LogP contribution in [0.5, 0.6) is 0 Å². The molecule has 0 radical (unpaired) electrons. The molecule has 2 heterocycles. The van der Waals surface area contributed by atoms with Crippen molar-refractivity contribution in [3.05, 3.63) is 29.7 Å². The van der Waals surface area contributed by atoms with E-state index in [1.807, 2.05) is 12.1 Å². The summed E-state index contributed by atoms with van der Waals surface area (Å²) in [6.07, 6.45) is 5.05. The van der Waals surface area contributed by atoms with Gasteiger partial charge in [-0.25, -0.2) is 0 Å². The van der Waals surface area contributed by atoms with E-state index in [2.05, 4.69) is 18.3 Å². The molecule has 1 saturated heterocycles. The molecular weight excluding hydrogens is 150 g/mol. The number of nitrogens with one attached hydrogen (secondary N) is 1. The lowest BCUT2D eigenvalue weighted by molar-refractivity contribution is 0.419. The Morgan fingerprint density at radius 2 is 2.58 bits per heavy atom. The molecule has 1 aromatic heterocycles.